The molecule has 1 aromatic heterocycles. The number of rotatable bonds is 6. The lowest BCUT2D eigenvalue weighted by atomic mass is 10.1. The van der Waals surface area contributed by atoms with Gasteiger partial charge < -0.3 is 9.80 Å². The molecule has 1 amide bonds. The van der Waals surface area contributed by atoms with Gasteiger partial charge in [0.05, 0.1) is 16.9 Å². The van der Waals surface area contributed by atoms with Crippen molar-refractivity contribution in [3.8, 4) is 0 Å². The van der Waals surface area contributed by atoms with E-state index >= 15 is 0 Å². The van der Waals surface area contributed by atoms with Crippen LogP contribution >= 0.6 is 0 Å². The number of pyridine rings is 1. The second kappa shape index (κ2) is 8.15. The molecule has 0 atom stereocenters. The van der Waals surface area contributed by atoms with Crippen LogP contribution in [-0.2, 0) is 13.0 Å². The van der Waals surface area contributed by atoms with Gasteiger partial charge in [0, 0.05) is 51.5 Å². The Morgan fingerprint density at radius 2 is 1.93 bits per heavy atom. The summed E-state index contributed by atoms with van der Waals surface area (Å²) in [6.45, 7) is 5.39. The predicted molar refractivity (Wildman–Crippen MR) is 115 cm³/mol. The van der Waals surface area contributed by atoms with E-state index in [1.54, 1.807) is 0 Å². The quantitative estimate of drug-likeness (QED) is 0.758. The van der Waals surface area contributed by atoms with Crippen LogP contribution in [0.3, 0.4) is 0 Å². The lowest BCUT2D eigenvalue weighted by Crippen LogP contribution is -2.43. The van der Waals surface area contributed by atoms with Crippen LogP contribution in [0, 0.1) is 0 Å². The number of amides is 1. The van der Waals surface area contributed by atoms with E-state index in [1.807, 2.05) is 24.4 Å². The Morgan fingerprint density at radius 3 is 2.76 bits per heavy atom. The zero-order valence-electron chi connectivity index (χ0n) is 17.1. The van der Waals surface area contributed by atoms with Gasteiger partial charge in [-0.25, -0.2) is 0 Å². The summed E-state index contributed by atoms with van der Waals surface area (Å²) in [5.41, 5.74) is 4.55. The van der Waals surface area contributed by atoms with E-state index in [9.17, 15) is 4.79 Å². The highest BCUT2D eigenvalue weighted by Gasteiger charge is 2.32. The lowest BCUT2D eigenvalue weighted by molar-refractivity contribution is 0.0726. The van der Waals surface area contributed by atoms with Crippen LogP contribution in [0.2, 0.25) is 0 Å². The third-order valence-corrected chi connectivity index (χ3v) is 6.83. The van der Waals surface area contributed by atoms with E-state index in [0.717, 1.165) is 56.9 Å². The summed E-state index contributed by atoms with van der Waals surface area (Å²) in [6, 6.07) is 13.0. The highest BCUT2D eigenvalue weighted by atomic mass is 16.2. The molecule has 5 nitrogen and oxygen atoms in total. The molecular formula is C24H30N4O. The Kier molecular flexibility index (Phi) is 5.23. The summed E-state index contributed by atoms with van der Waals surface area (Å²) in [5.74, 6) is 0.204. The van der Waals surface area contributed by atoms with Crippen LogP contribution in [0.15, 0.2) is 42.6 Å². The fourth-order valence-electron chi connectivity index (χ4n) is 5.27. The molecule has 1 fully saturated rings. The maximum atomic E-state index is 13.3. The molecule has 1 aromatic carbocycles. The fourth-order valence-corrected chi connectivity index (χ4v) is 5.27. The maximum absolute atomic E-state index is 13.3. The molecular weight excluding hydrogens is 360 g/mol. The Morgan fingerprint density at radius 1 is 1.03 bits per heavy atom. The number of para-hydroxylation sites is 1. The molecule has 1 saturated carbocycles. The van der Waals surface area contributed by atoms with Gasteiger partial charge >= 0.3 is 0 Å². The van der Waals surface area contributed by atoms with Crippen LogP contribution in [0.1, 0.15) is 47.3 Å². The Balaban J connectivity index is 1.31. The summed E-state index contributed by atoms with van der Waals surface area (Å²) >= 11 is 0. The maximum Gasteiger partial charge on any atom is 0.256 e. The first-order chi connectivity index (χ1) is 14.3. The third kappa shape index (κ3) is 3.76. The Hall–Kier alpha value is -2.40. The minimum absolute atomic E-state index is 0.204. The molecule has 2 aliphatic heterocycles. The molecule has 1 aliphatic carbocycles. The van der Waals surface area contributed by atoms with Gasteiger partial charge in [-0.1, -0.05) is 31.0 Å². The van der Waals surface area contributed by atoms with E-state index < -0.39 is 0 Å². The van der Waals surface area contributed by atoms with E-state index in [0.29, 0.717) is 6.04 Å². The molecule has 152 valence electrons. The van der Waals surface area contributed by atoms with Crippen molar-refractivity contribution >= 4 is 11.6 Å². The van der Waals surface area contributed by atoms with Crippen molar-refractivity contribution in [1.82, 2.24) is 14.8 Å². The smallest absolute Gasteiger partial charge is 0.256 e. The monoisotopic (exact) mass is 390 g/mol. The van der Waals surface area contributed by atoms with Crippen LogP contribution < -0.4 is 4.90 Å². The summed E-state index contributed by atoms with van der Waals surface area (Å²) in [4.78, 5) is 24.9. The number of aromatic nitrogens is 1. The van der Waals surface area contributed by atoms with Crippen molar-refractivity contribution in [1.29, 1.82) is 0 Å². The van der Waals surface area contributed by atoms with Gasteiger partial charge in [0.25, 0.3) is 5.91 Å². The molecule has 3 aliphatic rings. The highest BCUT2D eigenvalue weighted by molar-refractivity contribution is 6.01. The first kappa shape index (κ1) is 18.6. The van der Waals surface area contributed by atoms with Crippen LogP contribution in [0.25, 0.3) is 0 Å². The van der Waals surface area contributed by atoms with Crippen molar-refractivity contribution in [2.75, 3.05) is 37.6 Å². The lowest BCUT2D eigenvalue weighted by Gasteiger charge is -2.31. The summed E-state index contributed by atoms with van der Waals surface area (Å²) in [6.07, 6.45) is 8.11. The predicted octanol–water partition coefficient (Wildman–Crippen LogP) is 3.34. The van der Waals surface area contributed by atoms with E-state index in [4.69, 9.17) is 0 Å². The van der Waals surface area contributed by atoms with Gasteiger partial charge in [0.2, 0.25) is 0 Å². The Bertz CT molecular complexity index is 862. The van der Waals surface area contributed by atoms with Crippen LogP contribution in [0.5, 0.6) is 0 Å². The molecule has 2 aromatic rings. The van der Waals surface area contributed by atoms with Gasteiger partial charge in [-0.15, -0.1) is 0 Å². The van der Waals surface area contributed by atoms with Gasteiger partial charge in [0.15, 0.2) is 0 Å². The molecule has 0 bridgehead atoms. The second-order valence-corrected chi connectivity index (χ2v) is 8.57. The average Bonchev–Trinajstić information content (AvgIpc) is 3.40. The van der Waals surface area contributed by atoms with E-state index in [2.05, 4.69) is 37.9 Å². The molecule has 5 rings (SSSR count). The number of anilines is 1. The van der Waals surface area contributed by atoms with Crippen LogP contribution in [-0.4, -0.2) is 59.5 Å². The zero-order valence-corrected chi connectivity index (χ0v) is 17.1. The molecule has 29 heavy (non-hydrogen) atoms. The van der Waals surface area contributed by atoms with Gasteiger partial charge in [0.1, 0.15) is 0 Å². The number of benzene rings is 1. The summed E-state index contributed by atoms with van der Waals surface area (Å²) < 4.78 is 0. The first-order valence-corrected chi connectivity index (χ1v) is 11.1. The Labute approximate surface area is 173 Å². The number of hydrogen-bond acceptors (Lipinski definition) is 4. The second-order valence-electron chi connectivity index (χ2n) is 8.57. The molecule has 0 unspecified atom stereocenters. The molecule has 3 heterocycles. The van der Waals surface area contributed by atoms with Crippen molar-refractivity contribution < 1.29 is 4.79 Å². The molecule has 0 radical (unpaired) electrons. The van der Waals surface area contributed by atoms with Gasteiger partial charge in [-0.3, -0.25) is 14.7 Å². The van der Waals surface area contributed by atoms with Crippen LogP contribution in [0.4, 0.5) is 5.69 Å². The third-order valence-electron chi connectivity index (χ3n) is 6.83. The van der Waals surface area contributed by atoms with Crippen molar-refractivity contribution in [3.63, 3.8) is 0 Å². The van der Waals surface area contributed by atoms with Crippen molar-refractivity contribution in [2.24, 2.45) is 0 Å². The highest BCUT2D eigenvalue weighted by Crippen LogP contribution is 2.34. The topological polar surface area (TPSA) is 39.7 Å². The molecule has 0 spiro atoms. The number of carbonyl (C=O) groups is 1. The van der Waals surface area contributed by atoms with Crippen molar-refractivity contribution in [2.45, 2.75) is 44.7 Å². The molecule has 5 heteroatoms. The molecule has 0 N–H and O–H groups in total. The largest absolute Gasteiger partial charge is 0.369 e. The summed E-state index contributed by atoms with van der Waals surface area (Å²) in [5, 5.41) is 0. The standard InChI is InChI=1S/C24H30N4O/c29-24-22-10-5-6-19-11-13-26(23(19)22)14-15-27(24)16-17-28(21-8-1-2-9-21)18-20-7-3-4-12-25-20/h3-7,10,12,21H,1-2,8-9,11,13-18H2. The minimum Gasteiger partial charge on any atom is -0.369 e. The number of hydrogen-bond donors (Lipinski definition) is 0. The fraction of sp³-hybridized carbons (Fsp3) is 0.500. The number of carbonyl (C=O) groups excluding carboxylic acids is 1. The van der Waals surface area contributed by atoms with Gasteiger partial charge in [-0.2, -0.15) is 0 Å². The van der Waals surface area contributed by atoms with E-state index in [1.165, 1.54) is 36.9 Å². The van der Waals surface area contributed by atoms with Crippen molar-refractivity contribution in [3.05, 3.63) is 59.4 Å². The average molecular weight is 391 g/mol. The van der Waals surface area contributed by atoms with Gasteiger partial charge in [-0.05, 0) is 43.0 Å². The minimum atomic E-state index is 0.204. The number of nitrogens with zero attached hydrogens (tertiary/aromatic N) is 4. The normalized spacial score (nSPS) is 19.1. The molecule has 0 saturated heterocycles. The summed E-state index contributed by atoms with van der Waals surface area (Å²) in [7, 11) is 0. The van der Waals surface area contributed by atoms with E-state index in [-0.39, 0.29) is 5.91 Å². The first-order valence-electron chi connectivity index (χ1n) is 11.1. The SMILES string of the molecule is O=C1c2cccc3c2N(CC3)CCN1CCN(Cc1ccccn1)C1CCCC1. The zero-order chi connectivity index (χ0) is 19.6.